The van der Waals surface area contributed by atoms with Crippen molar-refractivity contribution in [3.8, 4) is 5.75 Å². The quantitative estimate of drug-likeness (QED) is 0.656. The Morgan fingerprint density at radius 3 is 2.67 bits per heavy atom. The lowest BCUT2D eigenvalue weighted by molar-refractivity contribution is -0.121. The molecule has 0 aliphatic rings. The Bertz CT molecular complexity index is 328. The Morgan fingerprint density at radius 2 is 1.94 bits per heavy atom. The van der Waals surface area contributed by atoms with Crippen LogP contribution in [0.3, 0.4) is 0 Å². The minimum Gasteiger partial charge on any atom is -0.494 e. The van der Waals surface area contributed by atoms with E-state index in [4.69, 9.17) is 10.5 Å². The molecule has 0 saturated heterocycles. The van der Waals surface area contributed by atoms with Crippen molar-refractivity contribution in [2.75, 3.05) is 19.7 Å². The number of rotatable bonds is 9. The van der Waals surface area contributed by atoms with Gasteiger partial charge in [0.1, 0.15) is 5.75 Å². The van der Waals surface area contributed by atoms with Crippen LogP contribution in [-0.2, 0) is 4.79 Å². The molecule has 1 rings (SSSR count). The molecule has 0 fully saturated rings. The summed E-state index contributed by atoms with van der Waals surface area (Å²) in [7, 11) is 0. The van der Waals surface area contributed by atoms with Gasteiger partial charge in [-0.3, -0.25) is 4.79 Å². The summed E-state index contributed by atoms with van der Waals surface area (Å²) < 4.78 is 5.52. The standard InChI is InChI=1S/C14H22N2O2/c15-10-5-4-9-14(17)16-11-6-12-18-13-7-2-1-3-8-13/h1-3,7-8H,4-6,9-12,15H2,(H,16,17). The van der Waals surface area contributed by atoms with E-state index < -0.39 is 0 Å². The number of amides is 1. The second-order valence-corrected chi connectivity index (χ2v) is 4.11. The molecule has 0 aliphatic carbocycles. The molecule has 4 heteroatoms. The third-order valence-electron chi connectivity index (χ3n) is 2.51. The molecule has 0 radical (unpaired) electrons. The predicted octanol–water partition coefficient (Wildman–Crippen LogP) is 1.70. The molecular formula is C14H22N2O2. The van der Waals surface area contributed by atoms with Crippen molar-refractivity contribution >= 4 is 5.91 Å². The monoisotopic (exact) mass is 250 g/mol. The normalized spacial score (nSPS) is 10.1. The number of ether oxygens (including phenoxy) is 1. The molecule has 1 amide bonds. The van der Waals surface area contributed by atoms with Crippen molar-refractivity contribution in [3.05, 3.63) is 30.3 Å². The Hall–Kier alpha value is -1.55. The zero-order valence-corrected chi connectivity index (χ0v) is 10.7. The largest absolute Gasteiger partial charge is 0.494 e. The molecular weight excluding hydrogens is 228 g/mol. The van der Waals surface area contributed by atoms with E-state index in [-0.39, 0.29) is 5.91 Å². The van der Waals surface area contributed by atoms with Crippen LogP contribution in [0.1, 0.15) is 25.7 Å². The van der Waals surface area contributed by atoms with Crippen LogP contribution in [0, 0.1) is 0 Å². The van der Waals surface area contributed by atoms with Gasteiger partial charge >= 0.3 is 0 Å². The van der Waals surface area contributed by atoms with Gasteiger partial charge in [-0.05, 0) is 37.9 Å². The Kier molecular flexibility index (Phi) is 7.64. The van der Waals surface area contributed by atoms with Crippen molar-refractivity contribution in [3.63, 3.8) is 0 Å². The Morgan fingerprint density at radius 1 is 1.17 bits per heavy atom. The van der Waals surface area contributed by atoms with E-state index in [1.54, 1.807) is 0 Å². The molecule has 3 N–H and O–H groups in total. The van der Waals surface area contributed by atoms with Gasteiger partial charge in [0, 0.05) is 13.0 Å². The SMILES string of the molecule is NCCCCC(=O)NCCCOc1ccccc1. The van der Waals surface area contributed by atoms with Crippen molar-refractivity contribution in [1.29, 1.82) is 0 Å². The third-order valence-corrected chi connectivity index (χ3v) is 2.51. The van der Waals surface area contributed by atoms with E-state index in [0.717, 1.165) is 25.0 Å². The van der Waals surface area contributed by atoms with Gasteiger partial charge in [0.25, 0.3) is 0 Å². The van der Waals surface area contributed by atoms with Crippen LogP contribution in [-0.4, -0.2) is 25.6 Å². The van der Waals surface area contributed by atoms with Crippen LogP contribution < -0.4 is 15.8 Å². The molecule has 1 aromatic rings. The highest BCUT2D eigenvalue weighted by Crippen LogP contribution is 2.07. The van der Waals surface area contributed by atoms with Gasteiger partial charge in [-0.25, -0.2) is 0 Å². The first-order chi connectivity index (χ1) is 8.83. The fourth-order valence-corrected chi connectivity index (χ4v) is 1.52. The summed E-state index contributed by atoms with van der Waals surface area (Å²) in [6, 6.07) is 9.67. The summed E-state index contributed by atoms with van der Waals surface area (Å²) in [6.07, 6.45) is 3.15. The summed E-state index contributed by atoms with van der Waals surface area (Å²) in [5.41, 5.74) is 5.36. The molecule has 0 aliphatic heterocycles. The van der Waals surface area contributed by atoms with Gasteiger partial charge in [-0.15, -0.1) is 0 Å². The molecule has 18 heavy (non-hydrogen) atoms. The molecule has 4 nitrogen and oxygen atoms in total. The number of benzene rings is 1. The van der Waals surface area contributed by atoms with E-state index >= 15 is 0 Å². The molecule has 100 valence electrons. The number of nitrogens with two attached hydrogens (primary N) is 1. The summed E-state index contributed by atoms with van der Waals surface area (Å²) >= 11 is 0. The van der Waals surface area contributed by atoms with Crippen LogP contribution in [0.25, 0.3) is 0 Å². The summed E-state index contributed by atoms with van der Waals surface area (Å²) in [5.74, 6) is 0.968. The molecule has 0 atom stereocenters. The van der Waals surface area contributed by atoms with Gasteiger partial charge in [0.15, 0.2) is 0 Å². The summed E-state index contributed by atoms with van der Waals surface area (Å²) in [5, 5.41) is 2.87. The number of carbonyl (C=O) groups is 1. The van der Waals surface area contributed by atoms with Crippen LogP contribution >= 0.6 is 0 Å². The minimum absolute atomic E-state index is 0.100. The number of unbranched alkanes of at least 4 members (excludes halogenated alkanes) is 1. The van der Waals surface area contributed by atoms with E-state index in [1.165, 1.54) is 0 Å². The Labute approximate surface area is 109 Å². The second-order valence-electron chi connectivity index (χ2n) is 4.11. The summed E-state index contributed by atoms with van der Waals surface area (Å²) in [4.78, 5) is 11.4. The van der Waals surface area contributed by atoms with Crippen molar-refractivity contribution in [2.45, 2.75) is 25.7 Å². The minimum atomic E-state index is 0.100. The Balaban J connectivity index is 1.97. The predicted molar refractivity (Wildman–Crippen MR) is 72.5 cm³/mol. The summed E-state index contributed by atoms with van der Waals surface area (Å²) in [6.45, 7) is 1.93. The van der Waals surface area contributed by atoms with Crippen molar-refractivity contribution in [1.82, 2.24) is 5.32 Å². The second kappa shape index (κ2) is 9.48. The molecule has 0 saturated carbocycles. The molecule has 0 aromatic heterocycles. The molecule has 0 spiro atoms. The molecule has 0 unspecified atom stereocenters. The maximum Gasteiger partial charge on any atom is 0.219 e. The first-order valence-corrected chi connectivity index (χ1v) is 6.47. The van der Waals surface area contributed by atoms with E-state index in [9.17, 15) is 4.79 Å². The van der Waals surface area contributed by atoms with Crippen LogP contribution in [0.5, 0.6) is 5.75 Å². The fourth-order valence-electron chi connectivity index (χ4n) is 1.52. The molecule has 0 bridgehead atoms. The van der Waals surface area contributed by atoms with Crippen molar-refractivity contribution in [2.24, 2.45) is 5.73 Å². The van der Waals surface area contributed by atoms with Gasteiger partial charge in [-0.2, -0.15) is 0 Å². The molecule has 1 aromatic carbocycles. The number of hydrogen-bond acceptors (Lipinski definition) is 3. The van der Waals surface area contributed by atoms with Crippen LogP contribution in [0.2, 0.25) is 0 Å². The zero-order valence-electron chi connectivity index (χ0n) is 10.7. The van der Waals surface area contributed by atoms with Gasteiger partial charge < -0.3 is 15.8 Å². The number of hydrogen-bond donors (Lipinski definition) is 2. The van der Waals surface area contributed by atoms with E-state index in [1.807, 2.05) is 30.3 Å². The van der Waals surface area contributed by atoms with E-state index in [2.05, 4.69) is 5.32 Å². The number of nitrogens with one attached hydrogen (secondary N) is 1. The van der Waals surface area contributed by atoms with Gasteiger partial charge in [0.2, 0.25) is 5.91 Å². The maximum atomic E-state index is 11.4. The lowest BCUT2D eigenvalue weighted by Crippen LogP contribution is -2.25. The first kappa shape index (κ1) is 14.5. The van der Waals surface area contributed by atoms with Crippen LogP contribution in [0.4, 0.5) is 0 Å². The average molecular weight is 250 g/mol. The topological polar surface area (TPSA) is 64.4 Å². The number of para-hydroxylation sites is 1. The van der Waals surface area contributed by atoms with E-state index in [0.29, 0.717) is 26.1 Å². The fraction of sp³-hybridized carbons (Fsp3) is 0.500. The maximum absolute atomic E-state index is 11.4. The average Bonchev–Trinajstić information content (AvgIpc) is 2.40. The van der Waals surface area contributed by atoms with Crippen LogP contribution in [0.15, 0.2) is 30.3 Å². The molecule has 0 heterocycles. The smallest absolute Gasteiger partial charge is 0.219 e. The highest BCUT2D eigenvalue weighted by atomic mass is 16.5. The lowest BCUT2D eigenvalue weighted by atomic mass is 10.2. The lowest BCUT2D eigenvalue weighted by Gasteiger charge is -2.07. The van der Waals surface area contributed by atoms with Gasteiger partial charge in [-0.1, -0.05) is 18.2 Å². The highest BCUT2D eigenvalue weighted by molar-refractivity contribution is 5.75. The zero-order chi connectivity index (χ0) is 13.1. The van der Waals surface area contributed by atoms with Crippen molar-refractivity contribution < 1.29 is 9.53 Å². The number of carbonyl (C=O) groups excluding carboxylic acids is 1. The third kappa shape index (κ3) is 6.91. The first-order valence-electron chi connectivity index (χ1n) is 6.47. The van der Waals surface area contributed by atoms with Gasteiger partial charge in [0.05, 0.1) is 6.61 Å². The highest BCUT2D eigenvalue weighted by Gasteiger charge is 1.99.